The van der Waals surface area contributed by atoms with Crippen molar-refractivity contribution in [3.8, 4) is 0 Å². The fourth-order valence-electron chi connectivity index (χ4n) is 2.90. The summed E-state index contributed by atoms with van der Waals surface area (Å²) in [6.45, 7) is 0.481. The van der Waals surface area contributed by atoms with E-state index in [0.29, 0.717) is 11.6 Å². The van der Waals surface area contributed by atoms with Crippen LogP contribution in [0.5, 0.6) is 0 Å². The third kappa shape index (κ3) is 2.52. The lowest BCUT2D eigenvalue weighted by molar-refractivity contribution is 0.262. The highest BCUT2D eigenvalue weighted by Gasteiger charge is 2.59. The monoisotopic (exact) mass is 329 g/mol. The second-order valence-electron chi connectivity index (χ2n) is 5.51. The first kappa shape index (κ1) is 14.4. The standard InChI is InChI=1S/C17H13ClFN3O/c18-15-4-2-1-3-14(15)16-17(23-16,9-22-11-20-10-21-22)12-5-7-13(19)8-6-12/h1-8,10-11,16H,9H2/t16-,17-/m0/s1. The lowest BCUT2D eigenvalue weighted by Crippen LogP contribution is -2.19. The number of benzene rings is 2. The Morgan fingerprint density at radius 2 is 1.96 bits per heavy atom. The van der Waals surface area contributed by atoms with E-state index in [9.17, 15) is 4.39 Å². The molecule has 1 saturated heterocycles. The van der Waals surface area contributed by atoms with Crippen LogP contribution >= 0.6 is 11.6 Å². The summed E-state index contributed by atoms with van der Waals surface area (Å²) in [5, 5.41) is 4.81. The number of halogens is 2. The van der Waals surface area contributed by atoms with Crippen LogP contribution in [-0.2, 0) is 16.9 Å². The van der Waals surface area contributed by atoms with E-state index in [1.165, 1.54) is 18.5 Å². The van der Waals surface area contributed by atoms with Gasteiger partial charge in [0.15, 0.2) is 0 Å². The molecular formula is C17H13ClFN3O. The van der Waals surface area contributed by atoms with Crippen molar-refractivity contribution in [1.82, 2.24) is 14.8 Å². The van der Waals surface area contributed by atoms with Crippen LogP contribution in [0.2, 0.25) is 5.02 Å². The van der Waals surface area contributed by atoms with Crippen LogP contribution in [0.3, 0.4) is 0 Å². The summed E-state index contributed by atoms with van der Waals surface area (Å²) in [6.07, 6.45) is 2.91. The quantitative estimate of drug-likeness (QED) is 0.685. The molecule has 2 heterocycles. The first-order chi connectivity index (χ1) is 11.2. The molecule has 0 N–H and O–H groups in total. The minimum atomic E-state index is -0.619. The minimum absolute atomic E-state index is 0.203. The number of aromatic nitrogens is 3. The summed E-state index contributed by atoms with van der Waals surface area (Å²) >= 11 is 6.31. The molecule has 1 aliphatic rings. The maximum atomic E-state index is 13.3. The molecule has 2 atom stereocenters. The zero-order chi connectivity index (χ0) is 15.9. The predicted molar refractivity (Wildman–Crippen MR) is 83.4 cm³/mol. The van der Waals surface area contributed by atoms with E-state index in [1.807, 2.05) is 24.3 Å². The van der Waals surface area contributed by atoms with Crippen molar-refractivity contribution in [2.45, 2.75) is 18.2 Å². The summed E-state index contributed by atoms with van der Waals surface area (Å²) in [7, 11) is 0. The van der Waals surface area contributed by atoms with Crippen molar-refractivity contribution in [2.75, 3.05) is 0 Å². The molecular weight excluding hydrogens is 317 g/mol. The molecule has 0 amide bonds. The van der Waals surface area contributed by atoms with E-state index < -0.39 is 5.60 Å². The molecule has 1 aromatic heterocycles. The SMILES string of the molecule is Fc1ccc([C@]2(Cn3cncn3)O[C@H]2c2ccccc2Cl)cc1. The van der Waals surface area contributed by atoms with Crippen LogP contribution in [0.4, 0.5) is 4.39 Å². The maximum Gasteiger partial charge on any atom is 0.144 e. The molecule has 4 rings (SSSR count). The second kappa shape index (κ2) is 5.44. The number of epoxide rings is 1. The molecule has 0 bridgehead atoms. The number of hydrogen-bond donors (Lipinski definition) is 0. The van der Waals surface area contributed by atoms with Gasteiger partial charge in [-0.05, 0) is 23.8 Å². The van der Waals surface area contributed by atoms with Gasteiger partial charge >= 0.3 is 0 Å². The van der Waals surface area contributed by atoms with Crippen molar-refractivity contribution in [1.29, 1.82) is 0 Å². The molecule has 1 aliphatic heterocycles. The van der Waals surface area contributed by atoms with E-state index in [0.717, 1.165) is 11.1 Å². The van der Waals surface area contributed by atoms with Crippen LogP contribution in [0, 0.1) is 5.82 Å². The summed E-state index contributed by atoms with van der Waals surface area (Å²) in [4.78, 5) is 3.97. The number of ether oxygens (including phenoxy) is 1. The van der Waals surface area contributed by atoms with Crippen molar-refractivity contribution >= 4 is 11.6 Å². The Hall–Kier alpha value is -2.24. The lowest BCUT2D eigenvalue weighted by atomic mass is 9.91. The lowest BCUT2D eigenvalue weighted by Gasteiger charge is -2.14. The Kier molecular flexibility index (Phi) is 3.39. The van der Waals surface area contributed by atoms with Gasteiger partial charge in [0.1, 0.15) is 30.2 Å². The van der Waals surface area contributed by atoms with E-state index in [1.54, 1.807) is 23.1 Å². The van der Waals surface area contributed by atoms with Gasteiger partial charge in [-0.2, -0.15) is 5.10 Å². The van der Waals surface area contributed by atoms with Crippen LogP contribution in [0.25, 0.3) is 0 Å². The summed E-state index contributed by atoms with van der Waals surface area (Å²) in [6, 6.07) is 13.9. The molecule has 0 spiro atoms. The highest BCUT2D eigenvalue weighted by atomic mass is 35.5. The summed E-state index contributed by atoms with van der Waals surface area (Å²) in [5.41, 5.74) is 1.18. The van der Waals surface area contributed by atoms with Crippen molar-refractivity contribution in [2.24, 2.45) is 0 Å². The van der Waals surface area contributed by atoms with Crippen LogP contribution < -0.4 is 0 Å². The van der Waals surface area contributed by atoms with Gasteiger partial charge in [0, 0.05) is 10.6 Å². The fraction of sp³-hybridized carbons (Fsp3) is 0.176. The number of rotatable bonds is 4. The topological polar surface area (TPSA) is 43.2 Å². The smallest absolute Gasteiger partial charge is 0.144 e. The van der Waals surface area contributed by atoms with Gasteiger partial charge in [-0.25, -0.2) is 14.1 Å². The van der Waals surface area contributed by atoms with Gasteiger partial charge in [-0.1, -0.05) is 41.9 Å². The van der Waals surface area contributed by atoms with Crippen LogP contribution in [0.1, 0.15) is 17.2 Å². The summed E-state index contributed by atoms with van der Waals surface area (Å²) < 4.78 is 21.1. The average molecular weight is 330 g/mol. The van der Waals surface area contributed by atoms with Gasteiger partial charge in [0.2, 0.25) is 0 Å². The number of hydrogen-bond acceptors (Lipinski definition) is 3. The van der Waals surface area contributed by atoms with Gasteiger partial charge < -0.3 is 4.74 Å². The second-order valence-corrected chi connectivity index (χ2v) is 5.92. The Labute approximate surface area is 137 Å². The zero-order valence-corrected chi connectivity index (χ0v) is 12.8. The molecule has 0 aliphatic carbocycles. The first-order valence-electron chi connectivity index (χ1n) is 7.20. The molecule has 2 aromatic carbocycles. The first-order valence-corrected chi connectivity index (χ1v) is 7.57. The van der Waals surface area contributed by atoms with E-state index >= 15 is 0 Å². The molecule has 1 fully saturated rings. The maximum absolute atomic E-state index is 13.3. The zero-order valence-electron chi connectivity index (χ0n) is 12.1. The Morgan fingerprint density at radius 3 is 2.65 bits per heavy atom. The van der Waals surface area contributed by atoms with Crippen LogP contribution in [0.15, 0.2) is 61.2 Å². The van der Waals surface area contributed by atoms with Gasteiger partial charge in [-0.15, -0.1) is 0 Å². The van der Waals surface area contributed by atoms with Gasteiger partial charge in [-0.3, -0.25) is 0 Å². The minimum Gasteiger partial charge on any atom is -0.354 e. The predicted octanol–water partition coefficient (Wildman–Crippen LogP) is 3.74. The molecule has 23 heavy (non-hydrogen) atoms. The molecule has 0 saturated carbocycles. The Balaban J connectivity index is 1.74. The van der Waals surface area contributed by atoms with Crippen LogP contribution in [-0.4, -0.2) is 14.8 Å². The van der Waals surface area contributed by atoms with Gasteiger partial charge in [0.25, 0.3) is 0 Å². The third-order valence-electron chi connectivity index (χ3n) is 4.08. The normalized spacial score (nSPS) is 23.0. The highest BCUT2D eigenvalue weighted by molar-refractivity contribution is 6.31. The molecule has 4 nitrogen and oxygen atoms in total. The largest absolute Gasteiger partial charge is 0.354 e. The van der Waals surface area contributed by atoms with E-state index in [2.05, 4.69) is 10.1 Å². The Morgan fingerprint density at radius 1 is 1.17 bits per heavy atom. The molecule has 0 radical (unpaired) electrons. The van der Waals surface area contributed by atoms with Gasteiger partial charge in [0.05, 0.1) is 6.54 Å². The van der Waals surface area contributed by atoms with Crippen molar-refractivity contribution < 1.29 is 9.13 Å². The molecule has 0 unspecified atom stereocenters. The average Bonchev–Trinajstić information content (AvgIpc) is 3.02. The van der Waals surface area contributed by atoms with Crippen molar-refractivity contribution in [3.05, 3.63) is 83.2 Å². The Bertz CT molecular complexity index is 822. The van der Waals surface area contributed by atoms with Crippen molar-refractivity contribution in [3.63, 3.8) is 0 Å². The third-order valence-corrected chi connectivity index (χ3v) is 4.42. The number of nitrogens with zero attached hydrogens (tertiary/aromatic N) is 3. The van der Waals surface area contributed by atoms with E-state index in [4.69, 9.17) is 16.3 Å². The summed E-state index contributed by atoms with van der Waals surface area (Å²) in [5.74, 6) is -0.278. The highest BCUT2D eigenvalue weighted by Crippen LogP contribution is 2.59. The fourth-order valence-corrected chi connectivity index (χ4v) is 3.13. The van der Waals surface area contributed by atoms with E-state index in [-0.39, 0.29) is 11.9 Å². The molecule has 116 valence electrons. The molecule has 3 aromatic rings. The molecule has 6 heteroatoms.